The first-order valence-electron chi connectivity index (χ1n) is 3.53. The fraction of sp³-hybridized carbons (Fsp3) is 0.857. The summed E-state index contributed by atoms with van der Waals surface area (Å²) < 4.78 is 0. The van der Waals surface area contributed by atoms with E-state index < -0.39 is 0 Å². The Morgan fingerprint density at radius 1 is 1.50 bits per heavy atom. The standard InChI is InChI=1S/C7H14ClNO/c1-3-5-9(6-4-8)7(2)10/h3-6H2,1-2H3. The van der Waals surface area contributed by atoms with E-state index in [2.05, 4.69) is 0 Å². The van der Waals surface area contributed by atoms with Crippen LogP contribution in [0.15, 0.2) is 0 Å². The fourth-order valence-electron chi connectivity index (χ4n) is 0.799. The van der Waals surface area contributed by atoms with Gasteiger partial charge in [0.15, 0.2) is 0 Å². The number of halogens is 1. The number of carbonyl (C=O) groups is 1. The largest absolute Gasteiger partial charge is 0.342 e. The summed E-state index contributed by atoms with van der Waals surface area (Å²) in [5.41, 5.74) is 0. The minimum Gasteiger partial charge on any atom is -0.342 e. The van der Waals surface area contributed by atoms with E-state index in [4.69, 9.17) is 11.6 Å². The van der Waals surface area contributed by atoms with Gasteiger partial charge >= 0.3 is 0 Å². The van der Waals surface area contributed by atoms with E-state index in [-0.39, 0.29) is 5.91 Å². The van der Waals surface area contributed by atoms with Gasteiger partial charge < -0.3 is 4.90 Å². The van der Waals surface area contributed by atoms with Gasteiger partial charge in [-0.3, -0.25) is 4.79 Å². The molecule has 0 spiro atoms. The van der Waals surface area contributed by atoms with Gasteiger partial charge in [-0.05, 0) is 6.42 Å². The van der Waals surface area contributed by atoms with Crippen LogP contribution in [0.5, 0.6) is 0 Å². The molecule has 0 N–H and O–H groups in total. The number of alkyl halides is 1. The highest BCUT2D eigenvalue weighted by molar-refractivity contribution is 6.18. The summed E-state index contributed by atoms with van der Waals surface area (Å²) in [6.07, 6.45) is 0.996. The Morgan fingerprint density at radius 3 is 2.40 bits per heavy atom. The maximum Gasteiger partial charge on any atom is 0.219 e. The van der Waals surface area contributed by atoms with Crippen molar-refractivity contribution in [2.24, 2.45) is 0 Å². The van der Waals surface area contributed by atoms with Crippen molar-refractivity contribution in [2.45, 2.75) is 20.3 Å². The maximum atomic E-state index is 10.8. The molecule has 1 amide bonds. The lowest BCUT2D eigenvalue weighted by Crippen LogP contribution is -2.31. The second-order valence-corrected chi connectivity index (χ2v) is 2.57. The van der Waals surface area contributed by atoms with Gasteiger partial charge in [0.1, 0.15) is 0 Å². The normalized spacial score (nSPS) is 9.50. The van der Waals surface area contributed by atoms with E-state index in [0.29, 0.717) is 12.4 Å². The number of amides is 1. The summed E-state index contributed by atoms with van der Waals surface area (Å²) in [6.45, 7) is 5.11. The topological polar surface area (TPSA) is 20.3 Å². The predicted octanol–water partition coefficient (Wildman–Crippen LogP) is 1.48. The van der Waals surface area contributed by atoms with Gasteiger partial charge in [-0.2, -0.15) is 0 Å². The molecule has 2 nitrogen and oxygen atoms in total. The summed E-state index contributed by atoms with van der Waals surface area (Å²) >= 11 is 5.48. The molecule has 0 bridgehead atoms. The van der Waals surface area contributed by atoms with Gasteiger partial charge in [-0.25, -0.2) is 0 Å². The van der Waals surface area contributed by atoms with E-state index in [1.807, 2.05) is 6.92 Å². The van der Waals surface area contributed by atoms with Gasteiger partial charge in [0.05, 0.1) is 0 Å². The Bertz CT molecular complexity index is 99.8. The number of hydrogen-bond acceptors (Lipinski definition) is 1. The third-order valence-corrected chi connectivity index (χ3v) is 1.46. The lowest BCUT2D eigenvalue weighted by Gasteiger charge is -2.18. The van der Waals surface area contributed by atoms with E-state index in [0.717, 1.165) is 13.0 Å². The van der Waals surface area contributed by atoms with Gasteiger partial charge in [-0.15, -0.1) is 11.6 Å². The summed E-state index contributed by atoms with van der Waals surface area (Å²) in [7, 11) is 0. The van der Waals surface area contributed by atoms with Crippen LogP contribution in [0.25, 0.3) is 0 Å². The van der Waals surface area contributed by atoms with Crippen LogP contribution in [0.3, 0.4) is 0 Å². The molecule has 0 aromatic heterocycles. The third kappa shape index (κ3) is 3.72. The monoisotopic (exact) mass is 163 g/mol. The lowest BCUT2D eigenvalue weighted by atomic mass is 10.4. The summed E-state index contributed by atoms with van der Waals surface area (Å²) in [4.78, 5) is 12.5. The van der Waals surface area contributed by atoms with E-state index in [1.54, 1.807) is 11.8 Å². The first-order valence-corrected chi connectivity index (χ1v) is 4.07. The molecule has 60 valence electrons. The smallest absolute Gasteiger partial charge is 0.219 e. The summed E-state index contributed by atoms with van der Waals surface area (Å²) in [5, 5.41) is 0. The van der Waals surface area contributed by atoms with Crippen molar-refractivity contribution in [3.8, 4) is 0 Å². The van der Waals surface area contributed by atoms with Crippen LogP contribution in [0.4, 0.5) is 0 Å². The van der Waals surface area contributed by atoms with Crippen LogP contribution in [0, 0.1) is 0 Å². The average molecular weight is 164 g/mol. The molecule has 0 aromatic rings. The van der Waals surface area contributed by atoms with Crippen LogP contribution in [0.2, 0.25) is 0 Å². The molecule has 0 unspecified atom stereocenters. The number of nitrogens with zero attached hydrogens (tertiary/aromatic N) is 1. The number of hydrogen-bond donors (Lipinski definition) is 0. The van der Waals surface area contributed by atoms with E-state index >= 15 is 0 Å². The van der Waals surface area contributed by atoms with Crippen LogP contribution in [-0.4, -0.2) is 29.8 Å². The Balaban J connectivity index is 3.61. The molecule has 10 heavy (non-hydrogen) atoms. The average Bonchev–Trinajstić information content (AvgIpc) is 1.87. The molecule has 0 heterocycles. The van der Waals surface area contributed by atoms with Crippen molar-refractivity contribution in [2.75, 3.05) is 19.0 Å². The fourth-order valence-corrected chi connectivity index (χ4v) is 1.00. The lowest BCUT2D eigenvalue weighted by molar-refractivity contribution is -0.128. The Morgan fingerprint density at radius 2 is 2.10 bits per heavy atom. The SMILES string of the molecule is CCCN(CCCl)C(C)=O. The molecule has 0 fully saturated rings. The minimum absolute atomic E-state index is 0.113. The van der Waals surface area contributed by atoms with E-state index in [1.165, 1.54) is 0 Å². The molecular weight excluding hydrogens is 150 g/mol. The van der Waals surface area contributed by atoms with Crippen molar-refractivity contribution >= 4 is 17.5 Å². The molecule has 0 aliphatic rings. The van der Waals surface area contributed by atoms with Crippen LogP contribution < -0.4 is 0 Å². The molecule has 0 aliphatic carbocycles. The van der Waals surface area contributed by atoms with Crippen molar-refractivity contribution in [3.63, 3.8) is 0 Å². The summed E-state index contributed by atoms with van der Waals surface area (Å²) in [5.74, 6) is 0.641. The maximum absolute atomic E-state index is 10.8. The predicted molar refractivity (Wildman–Crippen MR) is 43.3 cm³/mol. The molecule has 0 radical (unpaired) electrons. The molecule has 0 saturated heterocycles. The van der Waals surface area contributed by atoms with Crippen molar-refractivity contribution in [3.05, 3.63) is 0 Å². The second-order valence-electron chi connectivity index (χ2n) is 2.20. The van der Waals surface area contributed by atoms with Crippen molar-refractivity contribution in [1.82, 2.24) is 4.90 Å². The Labute approximate surface area is 67.2 Å². The number of rotatable bonds is 4. The highest BCUT2D eigenvalue weighted by Gasteiger charge is 2.04. The molecule has 0 rings (SSSR count). The molecular formula is C7H14ClNO. The minimum atomic E-state index is 0.113. The van der Waals surface area contributed by atoms with Gasteiger partial charge in [0.25, 0.3) is 0 Å². The molecule has 0 atom stereocenters. The second kappa shape index (κ2) is 5.54. The summed E-state index contributed by atoms with van der Waals surface area (Å²) in [6, 6.07) is 0. The molecule has 3 heteroatoms. The molecule has 0 aromatic carbocycles. The zero-order chi connectivity index (χ0) is 7.98. The number of carbonyl (C=O) groups excluding carboxylic acids is 1. The van der Waals surface area contributed by atoms with Gasteiger partial charge in [0.2, 0.25) is 5.91 Å². The molecule has 0 aliphatic heterocycles. The van der Waals surface area contributed by atoms with Crippen molar-refractivity contribution in [1.29, 1.82) is 0 Å². The zero-order valence-electron chi connectivity index (χ0n) is 6.56. The molecule has 0 saturated carbocycles. The van der Waals surface area contributed by atoms with Gasteiger partial charge in [0, 0.05) is 25.9 Å². The highest BCUT2D eigenvalue weighted by Crippen LogP contribution is 1.92. The zero-order valence-corrected chi connectivity index (χ0v) is 7.32. The first kappa shape index (κ1) is 9.76. The third-order valence-electron chi connectivity index (χ3n) is 1.29. The van der Waals surface area contributed by atoms with Crippen molar-refractivity contribution < 1.29 is 4.79 Å². The van der Waals surface area contributed by atoms with Crippen LogP contribution in [-0.2, 0) is 4.79 Å². The Hall–Kier alpha value is -0.240. The van der Waals surface area contributed by atoms with Gasteiger partial charge in [-0.1, -0.05) is 6.92 Å². The highest BCUT2D eigenvalue weighted by atomic mass is 35.5. The first-order chi connectivity index (χ1) is 4.72. The quantitative estimate of drug-likeness (QED) is 0.575. The van der Waals surface area contributed by atoms with Crippen LogP contribution >= 0.6 is 11.6 Å². The van der Waals surface area contributed by atoms with E-state index in [9.17, 15) is 4.79 Å². The Kier molecular flexibility index (Phi) is 5.40. The van der Waals surface area contributed by atoms with Crippen LogP contribution in [0.1, 0.15) is 20.3 Å².